The van der Waals surface area contributed by atoms with Gasteiger partial charge in [-0.1, -0.05) is 24.3 Å². The zero-order chi connectivity index (χ0) is 18.7. The lowest BCUT2D eigenvalue weighted by atomic mass is 10.0. The first-order valence-corrected chi connectivity index (χ1v) is 8.50. The molecule has 0 aliphatic carbocycles. The first kappa shape index (κ1) is 18.2. The van der Waals surface area contributed by atoms with Crippen molar-refractivity contribution in [3.05, 3.63) is 59.9 Å². The fourth-order valence-corrected chi connectivity index (χ4v) is 3.10. The highest BCUT2D eigenvalue weighted by Gasteiger charge is 2.37. The second kappa shape index (κ2) is 7.74. The minimum Gasteiger partial charge on any atom is -0.493 e. The van der Waals surface area contributed by atoms with Crippen molar-refractivity contribution in [1.29, 1.82) is 0 Å². The molecule has 1 aliphatic rings. The fourth-order valence-electron chi connectivity index (χ4n) is 3.10. The predicted molar refractivity (Wildman–Crippen MR) is 96.8 cm³/mol. The molecule has 0 bridgehead atoms. The summed E-state index contributed by atoms with van der Waals surface area (Å²) in [5, 5.41) is 0. The zero-order valence-electron chi connectivity index (χ0n) is 15.2. The van der Waals surface area contributed by atoms with E-state index in [1.54, 1.807) is 29.0 Å². The van der Waals surface area contributed by atoms with Crippen LogP contribution in [0.4, 0.5) is 4.39 Å². The lowest BCUT2D eigenvalue weighted by Gasteiger charge is -2.41. The number of carbonyl (C=O) groups excluding carboxylic acids is 1. The highest BCUT2D eigenvalue weighted by molar-refractivity contribution is 5.84. The van der Waals surface area contributed by atoms with Crippen LogP contribution in [0.25, 0.3) is 0 Å². The SMILES string of the molecule is COc1ccccc1OC1CN(C(=O)[C@@H](c2cccc(F)c2)N(C)C)C1. The Balaban J connectivity index is 1.64. The third-order valence-corrected chi connectivity index (χ3v) is 4.44. The zero-order valence-corrected chi connectivity index (χ0v) is 15.2. The van der Waals surface area contributed by atoms with E-state index in [4.69, 9.17) is 9.47 Å². The van der Waals surface area contributed by atoms with Crippen LogP contribution in [0.3, 0.4) is 0 Å². The van der Waals surface area contributed by atoms with Gasteiger partial charge in [0.25, 0.3) is 0 Å². The molecule has 1 heterocycles. The van der Waals surface area contributed by atoms with Gasteiger partial charge >= 0.3 is 0 Å². The van der Waals surface area contributed by atoms with Gasteiger partial charge < -0.3 is 14.4 Å². The summed E-state index contributed by atoms with van der Waals surface area (Å²) in [7, 11) is 5.23. The Bertz CT molecular complexity index is 775. The Morgan fingerprint density at radius 3 is 2.46 bits per heavy atom. The number of nitrogens with zero attached hydrogens (tertiary/aromatic N) is 2. The van der Waals surface area contributed by atoms with Gasteiger partial charge in [0.05, 0.1) is 20.2 Å². The molecule has 2 aromatic carbocycles. The number of methoxy groups -OCH3 is 1. The van der Waals surface area contributed by atoms with E-state index >= 15 is 0 Å². The summed E-state index contributed by atoms with van der Waals surface area (Å²) in [6.45, 7) is 0.993. The first-order valence-electron chi connectivity index (χ1n) is 8.50. The number of likely N-dealkylation sites (tertiary alicyclic amines) is 1. The third-order valence-electron chi connectivity index (χ3n) is 4.44. The van der Waals surface area contributed by atoms with E-state index in [9.17, 15) is 9.18 Å². The molecule has 1 atom stereocenters. The second-order valence-corrected chi connectivity index (χ2v) is 6.56. The lowest BCUT2D eigenvalue weighted by Crippen LogP contribution is -2.58. The predicted octanol–water partition coefficient (Wildman–Crippen LogP) is 2.73. The van der Waals surface area contributed by atoms with Crippen LogP contribution in [0.2, 0.25) is 0 Å². The molecule has 3 rings (SSSR count). The molecule has 138 valence electrons. The standard InChI is InChI=1S/C20H23FN2O3/c1-22(2)19(14-7-6-8-15(21)11-14)20(24)23-12-16(13-23)26-18-10-5-4-9-17(18)25-3/h4-11,16,19H,12-13H2,1-3H3/t19-/m1/s1. The molecule has 0 N–H and O–H groups in total. The van der Waals surface area contributed by atoms with Crippen molar-refractivity contribution in [2.75, 3.05) is 34.3 Å². The molecule has 5 nitrogen and oxygen atoms in total. The van der Waals surface area contributed by atoms with E-state index < -0.39 is 6.04 Å². The molecule has 26 heavy (non-hydrogen) atoms. The molecule has 1 fully saturated rings. The van der Waals surface area contributed by atoms with Crippen molar-refractivity contribution in [2.45, 2.75) is 12.1 Å². The third kappa shape index (κ3) is 3.80. The molecule has 1 amide bonds. The smallest absolute Gasteiger partial charge is 0.244 e. The van der Waals surface area contributed by atoms with E-state index in [-0.39, 0.29) is 17.8 Å². The summed E-state index contributed by atoms with van der Waals surface area (Å²) in [4.78, 5) is 16.4. The molecular weight excluding hydrogens is 335 g/mol. The molecule has 0 radical (unpaired) electrons. The van der Waals surface area contributed by atoms with E-state index in [1.165, 1.54) is 12.1 Å². The monoisotopic (exact) mass is 358 g/mol. The highest BCUT2D eigenvalue weighted by Crippen LogP contribution is 2.30. The van der Waals surface area contributed by atoms with Gasteiger partial charge in [0.15, 0.2) is 11.5 Å². The largest absolute Gasteiger partial charge is 0.493 e. The van der Waals surface area contributed by atoms with Crippen LogP contribution in [-0.4, -0.2) is 56.1 Å². The lowest BCUT2D eigenvalue weighted by molar-refractivity contribution is -0.145. The number of carbonyl (C=O) groups is 1. The minimum absolute atomic E-state index is 0.0551. The van der Waals surface area contributed by atoms with Crippen molar-refractivity contribution >= 4 is 5.91 Å². The maximum absolute atomic E-state index is 13.6. The molecule has 0 saturated carbocycles. The number of benzene rings is 2. The first-order chi connectivity index (χ1) is 12.5. The number of hydrogen-bond acceptors (Lipinski definition) is 4. The summed E-state index contributed by atoms with van der Waals surface area (Å²) in [6.07, 6.45) is -0.0782. The van der Waals surface area contributed by atoms with Crippen LogP contribution in [0.15, 0.2) is 48.5 Å². The number of para-hydroxylation sites is 2. The Labute approximate surface area is 152 Å². The number of hydrogen-bond donors (Lipinski definition) is 0. The number of likely N-dealkylation sites (N-methyl/N-ethyl adjacent to an activating group) is 1. The second-order valence-electron chi connectivity index (χ2n) is 6.56. The molecule has 0 aromatic heterocycles. The van der Waals surface area contributed by atoms with Crippen molar-refractivity contribution < 1.29 is 18.7 Å². The molecule has 0 unspecified atom stereocenters. The molecular formula is C20H23FN2O3. The van der Waals surface area contributed by atoms with Crippen molar-refractivity contribution in [3.63, 3.8) is 0 Å². The summed E-state index contributed by atoms with van der Waals surface area (Å²) >= 11 is 0. The van der Waals surface area contributed by atoms with E-state index in [1.807, 2.05) is 38.4 Å². The Morgan fingerprint density at radius 1 is 1.15 bits per heavy atom. The van der Waals surface area contributed by atoms with Gasteiger partial charge in [-0.05, 0) is 43.9 Å². The van der Waals surface area contributed by atoms with Gasteiger partial charge in [0, 0.05) is 0 Å². The minimum atomic E-state index is -0.516. The van der Waals surface area contributed by atoms with Gasteiger partial charge in [0.2, 0.25) is 5.91 Å². The van der Waals surface area contributed by atoms with Crippen LogP contribution in [0.5, 0.6) is 11.5 Å². The summed E-state index contributed by atoms with van der Waals surface area (Å²) in [5.41, 5.74) is 0.647. The average Bonchev–Trinajstić information content (AvgIpc) is 2.57. The van der Waals surface area contributed by atoms with Gasteiger partial charge in [-0.2, -0.15) is 0 Å². The van der Waals surface area contributed by atoms with Crippen LogP contribution in [-0.2, 0) is 4.79 Å². The molecule has 6 heteroatoms. The maximum atomic E-state index is 13.6. The number of halogens is 1. The fraction of sp³-hybridized carbons (Fsp3) is 0.350. The van der Waals surface area contributed by atoms with Crippen molar-refractivity contribution in [2.24, 2.45) is 0 Å². The van der Waals surface area contributed by atoms with E-state index in [2.05, 4.69) is 0 Å². The Morgan fingerprint density at radius 2 is 1.85 bits per heavy atom. The summed E-state index contributed by atoms with van der Waals surface area (Å²) < 4.78 is 24.8. The number of amides is 1. The number of rotatable bonds is 6. The molecule has 2 aromatic rings. The molecule has 0 spiro atoms. The maximum Gasteiger partial charge on any atom is 0.244 e. The van der Waals surface area contributed by atoms with Crippen LogP contribution in [0.1, 0.15) is 11.6 Å². The summed E-state index contributed by atoms with van der Waals surface area (Å²) in [5.74, 6) is 0.938. The van der Waals surface area contributed by atoms with Gasteiger partial charge in [-0.15, -0.1) is 0 Å². The van der Waals surface area contributed by atoms with E-state index in [0.717, 1.165) is 0 Å². The normalized spacial score (nSPS) is 15.5. The highest BCUT2D eigenvalue weighted by atomic mass is 19.1. The van der Waals surface area contributed by atoms with Gasteiger partial charge in [-0.25, -0.2) is 4.39 Å². The topological polar surface area (TPSA) is 42.0 Å². The Kier molecular flexibility index (Phi) is 5.42. The average molecular weight is 358 g/mol. The quantitative estimate of drug-likeness (QED) is 0.796. The van der Waals surface area contributed by atoms with Crippen molar-refractivity contribution in [3.8, 4) is 11.5 Å². The van der Waals surface area contributed by atoms with Crippen molar-refractivity contribution in [1.82, 2.24) is 9.80 Å². The van der Waals surface area contributed by atoms with Crippen LogP contribution in [0, 0.1) is 5.82 Å². The van der Waals surface area contributed by atoms with Crippen LogP contribution < -0.4 is 9.47 Å². The molecule has 1 aliphatic heterocycles. The summed E-state index contributed by atoms with van der Waals surface area (Å²) in [6, 6.07) is 13.1. The van der Waals surface area contributed by atoms with Gasteiger partial charge in [0.1, 0.15) is 18.0 Å². The van der Waals surface area contributed by atoms with Gasteiger partial charge in [-0.3, -0.25) is 9.69 Å². The van der Waals surface area contributed by atoms with E-state index in [0.29, 0.717) is 30.2 Å². The molecule has 1 saturated heterocycles. The number of ether oxygens (including phenoxy) is 2. The van der Waals surface area contributed by atoms with Crippen LogP contribution >= 0.6 is 0 Å². The Hall–Kier alpha value is -2.60.